The number of anilines is 1. The predicted octanol–water partition coefficient (Wildman–Crippen LogP) is 3.67. The maximum absolute atomic E-state index is 12.8. The van der Waals surface area contributed by atoms with Crippen LogP contribution in [0.25, 0.3) is 10.8 Å². The lowest BCUT2D eigenvalue weighted by atomic mass is 10.1. The summed E-state index contributed by atoms with van der Waals surface area (Å²) in [5.74, 6) is 0. The Morgan fingerprint density at radius 3 is 2.11 bits per heavy atom. The minimum Gasteiger partial charge on any atom is -0.280 e. The molecular formula is C20H22N2O4S2. The number of nitrogens with zero attached hydrogens (tertiary/aromatic N) is 1. The average molecular weight is 419 g/mol. The largest absolute Gasteiger partial charge is 0.280 e. The van der Waals surface area contributed by atoms with Crippen LogP contribution in [0.5, 0.6) is 0 Å². The van der Waals surface area contributed by atoms with Gasteiger partial charge in [-0.2, -0.15) is 4.31 Å². The molecule has 148 valence electrons. The Bertz CT molecular complexity index is 1200. The molecule has 0 aliphatic heterocycles. The lowest BCUT2D eigenvalue weighted by molar-refractivity contribution is 0.445. The molecule has 0 heterocycles. The molecule has 0 radical (unpaired) electrons. The zero-order valence-electron chi connectivity index (χ0n) is 15.7. The molecule has 8 heteroatoms. The van der Waals surface area contributed by atoms with Gasteiger partial charge in [-0.25, -0.2) is 16.8 Å². The molecule has 1 N–H and O–H groups in total. The van der Waals surface area contributed by atoms with Crippen molar-refractivity contribution in [2.75, 3.05) is 17.8 Å². The Kier molecular flexibility index (Phi) is 5.74. The molecule has 28 heavy (non-hydrogen) atoms. The van der Waals surface area contributed by atoms with E-state index >= 15 is 0 Å². The Labute approximate surface area is 165 Å². The molecule has 0 aromatic heterocycles. The Morgan fingerprint density at radius 1 is 0.750 bits per heavy atom. The molecule has 0 saturated heterocycles. The van der Waals surface area contributed by atoms with Crippen LogP contribution in [0.4, 0.5) is 5.69 Å². The number of fused-ring (bicyclic) bond motifs is 1. The van der Waals surface area contributed by atoms with Gasteiger partial charge in [-0.05, 0) is 41.1 Å². The molecule has 3 rings (SSSR count). The smallest absolute Gasteiger partial charge is 0.261 e. The third kappa shape index (κ3) is 4.04. The first-order valence-electron chi connectivity index (χ1n) is 8.90. The van der Waals surface area contributed by atoms with Crippen LogP contribution in [0.15, 0.2) is 76.5 Å². The summed E-state index contributed by atoms with van der Waals surface area (Å²) in [6.07, 6.45) is 0. The molecule has 0 spiro atoms. The molecule has 0 aliphatic rings. The summed E-state index contributed by atoms with van der Waals surface area (Å²) in [6, 6.07) is 18.2. The van der Waals surface area contributed by atoms with Crippen LogP contribution in [0.3, 0.4) is 0 Å². The van der Waals surface area contributed by atoms with Crippen LogP contribution in [-0.4, -0.2) is 34.2 Å². The molecule has 0 saturated carbocycles. The SMILES string of the molecule is CCN(CC)S(=O)(=O)c1cccc(NS(=O)(=O)c2ccc3ccccc3c2)c1. The van der Waals surface area contributed by atoms with Gasteiger partial charge in [0.2, 0.25) is 10.0 Å². The van der Waals surface area contributed by atoms with Gasteiger partial charge in [0.1, 0.15) is 0 Å². The van der Waals surface area contributed by atoms with E-state index < -0.39 is 20.0 Å². The summed E-state index contributed by atoms with van der Waals surface area (Å²) < 4.78 is 54.7. The van der Waals surface area contributed by atoms with Gasteiger partial charge in [0.15, 0.2) is 0 Å². The average Bonchev–Trinajstić information content (AvgIpc) is 2.68. The number of benzene rings is 3. The quantitative estimate of drug-likeness (QED) is 0.635. The number of rotatable bonds is 7. The first kappa shape index (κ1) is 20.3. The highest BCUT2D eigenvalue weighted by Gasteiger charge is 2.22. The molecule has 3 aromatic carbocycles. The Hall–Kier alpha value is -2.42. The molecule has 0 bridgehead atoms. The highest BCUT2D eigenvalue weighted by atomic mass is 32.2. The summed E-state index contributed by atoms with van der Waals surface area (Å²) in [7, 11) is -7.53. The standard InChI is InChI=1S/C20H22N2O4S2/c1-3-22(4-2)28(25,26)20-11-7-10-18(15-20)21-27(23,24)19-13-12-16-8-5-6-9-17(16)14-19/h5-15,21H,3-4H2,1-2H3. The zero-order chi connectivity index (χ0) is 20.4. The fraction of sp³-hybridized carbons (Fsp3) is 0.200. The van der Waals surface area contributed by atoms with Gasteiger partial charge in [-0.3, -0.25) is 4.72 Å². The van der Waals surface area contributed by atoms with Crippen LogP contribution in [0.2, 0.25) is 0 Å². The van der Waals surface area contributed by atoms with Crippen molar-refractivity contribution >= 4 is 36.5 Å². The number of hydrogen-bond acceptors (Lipinski definition) is 4. The van der Waals surface area contributed by atoms with Crippen LogP contribution in [0, 0.1) is 0 Å². The Balaban J connectivity index is 1.94. The third-order valence-corrected chi connectivity index (χ3v) is 7.89. The van der Waals surface area contributed by atoms with Gasteiger partial charge in [0.25, 0.3) is 10.0 Å². The molecule has 3 aromatic rings. The fourth-order valence-electron chi connectivity index (χ4n) is 2.98. The fourth-order valence-corrected chi connectivity index (χ4v) is 5.57. The lowest BCUT2D eigenvalue weighted by Gasteiger charge is -2.19. The van der Waals surface area contributed by atoms with E-state index in [1.807, 2.05) is 24.3 Å². The molecule has 0 aliphatic carbocycles. The second-order valence-electron chi connectivity index (χ2n) is 6.23. The maximum Gasteiger partial charge on any atom is 0.261 e. The topological polar surface area (TPSA) is 83.6 Å². The van der Waals surface area contributed by atoms with E-state index in [1.54, 1.807) is 26.0 Å². The van der Waals surface area contributed by atoms with Crippen molar-refractivity contribution in [2.24, 2.45) is 0 Å². The number of nitrogens with one attached hydrogen (secondary N) is 1. The van der Waals surface area contributed by atoms with Crippen molar-refractivity contribution in [3.8, 4) is 0 Å². The molecule has 0 amide bonds. The zero-order valence-corrected chi connectivity index (χ0v) is 17.3. The van der Waals surface area contributed by atoms with Gasteiger partial charge in [0.05, 0.1) is 15.5 Å². The lowest BCUT2D eigenvalue weighted by Crippen LogP contribution is -2.30. The van der Waals surface area contributed by atoms with Crippen molar-refractivity contribution in [3.63, 3.8) is 0 Å². The summed E-state index contributed by atoms with van der Waals surface area (Å²) in [5, 5.41) is 1.75. The van der Waals surface area contributed by atoms with E-state index in [4.69, 9.17) is 0 Å². The van der Waals surface area contributed by atoms with Gasteiger partial charge in [-0.1, -0.05) is 50.2 Å². The van der Waals surface area contributed by atoms with Gasteiger partial charge in [0, 0.05) is 13.1 Å². The van der Waals surface area contributed by atoms with Crippen LogP contribution < -0.4 is 4.72 Å². The summed E-state index contributed by atoms with van der Waals surface area (Å²) in [5.41, 5.74) is 0.196. The maximum atomic E-state index is 12.8. The molecule has 0 unspecified atom stereocenters. The Morgan fingerprint density at radius 2 is 1.43 bits per heavy atom. The van der Waals surface area contributed by atoms with Gasteiger partial charge in [-0.15, -0.1) is 0 Å². The van der Waals surface area contributed by atoms with Crippen molar-refractivity contribution < 1.29 is 16.8 Å². The van der Waals surface area contributed by atoms with Crippen molar-refractivity contribution in [1.82, 2.24) is 4.31 Å². The van der Waals surface area contributed by atoms with E-state index in [0.717, 1.165) is 10.8 Å². The molecule has 0 atom stereocenters. The van der Waals surface area contributed by atoms with Crippen molar-refractivity contribution in [1.29, 1.82) is 0 Å². The van der Waals surface area contributed by atoms with Crippen LogP contribution in [-0.2, 0) is 20.0 Å². The first-order valence-corrected chi connectivity index (χ1v) is 11.8. The van der Waals surface area contributed by atoms with Crippen molar-refractivity contribution in [3.05, 3.63) is 66.7 Å². The second kappa shape index (κ2) is 7.90. The van der Waals surface area contributed by atoms with Gasteiger partial charge < -0.3 is 0 Å². The second-order valence-corrected chi connectivity index (χ2v) is 9.85. The van der Waals surface area contributed by atoms with Gasteiger partial charge >= 0.3 is 0 Å². The third-order valence-electron chi connectivity index (χ3n) is 4.46. The highest BCUT2D eigenvalue weighted by molar-refractivity contribution is 7.92. The van der Waals surface area contributed by atoms with Crippen LogP contribution in [0.1, 0.15) is 13.8 Å². The molecular weight excluding hydrogens is 396 g/mol. The minimum absolute atomic E-state index is 0.0508. The minimum atomic E-state index is -3.86. The van der Waals surface area contributed by atoms with E-state index in [1.165, 1.54) is 34.6 Å². The summed E-state index contributed by atoms with van der Waals surface area (Å²) in [6.45, 7) is 4.19. The predicted molar refractivity (Wildman–Crippen MR) is 111 cm³/mol. The monoisotopic (exact) mass is 418 g/mol. The highest BCUT2D eigenvalue weighted by Crippen LogP contribution is 2.24. The number of sulfonamides is 2. The molecule has 0 fully saturated rings. The van der Waals surface area contributed by atoms with E-state index in [9.17, 15) is 16.8 Å². The summed E-state index contributed by atoms with van der Waals surface area (Å²) in [4.78, 5) is 0.165. The van der Waals surface area contributed by atoms with E-state index in [-0.39, 0.29) is 15.5 Å². The van der Waals surface area contributed by atoms with Crippen LogP contribution >= 0.6 is 0 Å². The first-order chi connectivity index (χ1) is 13.3. The normalized spacial score (nSPS) is 12.4. The van der Waals surface area contributed by atoms with E-state index in [0.29, 0.717) is 13.1 Å². The summed E-state index contributed by atoms with van der Waals surface area (Å²) >= 11 is 0. The van der Waals surface area contributed by atoms with Crippen molar-refractivity contribution in [2.45, 2.75) is 23.6 Å². The molecule has 6 nitrogen and oxygen atoms in total. The van der Waals surface area contributed by atoms with E-state index in [2.05, 4.69) is 4.72 Å². The number of hydrogen-bond donors (Lipinski definition) is 1.